The lowest BCUT2D eigenvalue weighted by molar-refractivity contribution is -0.139. The number of amides is 2. The summed E-state index contributed by atoms with van der Waals surface area (Å²) in [6.07, 6.45) is 3.05. The Hall–Kier alpha value is -2.41. The van der Waals surface area contributed by atoms with Crippen molar-refractivity contribution in [3.63, 3.8) is 0 Å². The number of carbonyl (C=O) groups is 2. The van der Waals surface area contributed by atoms with Crippen molar-refractivity contribution < 1.29 is 19.1 Å². The zero-order valence-corrected chi connectivity index (χ0v) is 13.5. The first kappa shape index (κ1) is 18.6. The number of hydrogen-bond donors (Lipinski definition) is 2. The number of methoxy groups -OCH3 is 1. The first-order valence-corrected chi connectivity index (χ1v) is 7.50. The second-order valence-electron chi connectivity index (χ2n) is 4.72. The van der Waals surface area contributed by atoms with Crippen molar-refractivity contribution in [2.24, 2.45) is 5.10 Å². The normalized spacial score (nSPS) is 10.5. The molecule has 0 aliphatic heterocycles. The Kier molecular flexibility index (Phi) is 9.07. The molecule has 0 unspecified atom stereocenters. The topological polar surface area (TPSA) is 89.0 Å². The zero-order valence-electron chi connectivity index (χ0n) is 13.5. The Bertz CT molecular complexity index is 515. The Labute approximate surface area is 136 Å². The van der Waals surface area contributed by atoms with E-state index in [-0.39, 0.29) is 0 Å². The number of nitrogens with one attached hydrogen (secondary N) is 2. The van der Waals surface area contributed by atoms with Gasteiger partial charge in [-0.15, -0.1) is 0 Å². The number of hydrogen-bond acceptors (Lipinski definition) is 5. The molecular formula is C16H23N3O4. The molecule has 0 atom stereocenters. The molecule has 2 amide bonds. The first-order valence-electron chi connectivity index (χ1n) is 7.50. The maximum absolute atomic E-state index is 11.5. The summed E-state index contributed by atoms with van der Waals surface area (Å²) in [7, 11) is 1.58. The van der Waals surface area contributed by atoms with Crippen molar-refractivity contribution in [2.75, 3.05) is 26.9 Å². The minimum Gasteiger partial charge on any atom is -0.494 e. The van der Waals surface area contributed by atoms with Gasteiger partial charge in [0.1, 0.15) is 5.75 Å². The molecule has 0 aliphatic rings. The van der Waals surface area contributed by atoms with Crippen molar-refractivity contribution in [1.29, 1.82) is 0 Å². The van der Waals surface area contributed by atoms with Crippen LogP contribution in [0.1, 0.15) is 25.3 Å². The minimum absolute atomic E-state index is 0.378. The van der Waals surface area contributed by atoms with Crippen LogP contribution in [-0.2, 0) is 14.3 Å². The van der Waals surface area contributed by atoms with E-state index in [1.807, 2.05) is 31.2 Å². The SMILES string of the molecule is CCCOc1ccc(/C=N/NC(=O)C(=O)NCCCOC)cc1. The smallest absolute Gasteiger partial charge is 0.329 e. The van der Waals surface area contributed by atoms with Crippen molar-refractivity contribution >= 4 is 18.0 Å². The third kappa shape index (κ3) is 7.96. The van der Waals surface area contributed by atoms with E-state index >= 15 is 0 Å². The molecule has 0 aromatic heterocycles. The molecular weight excluding hydrogens is 298 g/mol. The third-order valence-electron chi connectivity index (χ3n) is 2.75. The van der Waals surface area contributed by atoms with Crippen molar-refractivity contribution in [3.8, 4) is 5.75 Å². The average Bonchev–Trinajstić information content (AvgIpc) is 2.57. The summed E-state index contributed by atoms with van der Waals surface area (Å²) in [5.74, 6) is -0.744. The van der Waals surface area contributed by atoms with E-state index in [0.717, 1.165) is 17.7 Å². The molecule has 0 aliphatic carbocycles. The van der Waals surface area contributed by atoms with Gasteiger partial charge in [-0.25, -0.2) is 5.43 Å². The van der Waals surface area contributed by atoms with Gasteiger partial charge in [-0.2, -0.15) is 5.10 Å². The van der Waals surface area contributed by atoms with Gasteiger partial charge in [0.05, 0.1) is 12.8 Å². The predicted octanol–water partition coefficient (Wildman–Crippen LogP) is 1.08. The van der Waals surface area contributed by atoms with Gasteiger partial charge >= 0.3 is 11.8 Å². The molecule has 7 heteroatoms. The molecule has 0 spiro atoms. The largest absolute Gasteiger partial charge is 0.494 e. The Morgan fingerprint density at radius 3 is 2.57 bits per heavy atom. The highest BCUT2D eigenvalue weighted by Crippen LogP contribution is 2.11. The number of ether oxygens (including phenoxy) is 2. The lowest BCUT2D eigenvalue weighted by Gasteiger charge is -2.04. The van der Waals surface area contributed by atoms with Gasteiger partial charge in [0.25, 0.3) is 0 Å². The van der Waals surface area contributed by atoms with E-state index in [1.165, 1.54) is 6.21 Å². The molecule has 7 nitrogen and oxygen atoms in total. The summed E-state index contributed by atoms with van der Waals surface area (Å²) in [6.45, 7) is 3.61. The molecule has 1 aromatic carbocycles. The van der Waals surface area contributed by atoms with Gasteiger partial charge < -0.3 is 14.8 Å². The Morgan fingerprint density at radius 2 is 1.91 bits per heavy atom. The van der Waals surface area contributed by atoms with Gasteiger partial charge in [0.15, 0.2) is 0 Å². The highest BCUT2D eigenvalue weighted by molar-refractivity contribution is 6.35. The molecule has 0 fully saturated rings. The third-order valence-corrected chi connectivity index (χ3v) is 2.75. The molecule has 0 saturated carbocycles. The van der Waals surface area contributed by atoms with Crippen LogP contribution in [0.15, 0.2) is 29.4 Å². The summed E-state index contributed by atoms with van der Waals surface area (Å²) < 4.78 is 10.3. The molecule has 23 heavy (non-hydrogen) atoms. The van der Waals surface area contributed by atoms with E-state index in [4.69, 9.17) is 9.47 Å². The standard InChI is InChI=1S/C16H23N3O4/c1-3-10-23-14-7-5-13(6-8-14)12-18-19-16(21)15(20)17-9-4-11-22-2/h5-8,12H,3-4,9-11H2,1-2H3,(H,17,20)(H,19,21)/b18-12+. The van der Waals surface area contributed by atoms with Crippen LogP contribution in [0.2, 0.25) is 0 Å². The second kappa shape index (κ2) is 11.2. The van der Waals surface area contributed by atoms with Gasteiger partial charge in [-0.3, -0.25) is 9.59 Å². The van der Waals surface area contributed by atoms with E-state index in [2.05, 4.69) is 15.8 Å². The van der Waals surface area contributed by atoms with Crippen LogP contribution in [0, 0.1) is 0 Å². The van der Waals surface area contributed by atoms with Crippen molar-refractivity contribution in [3.05, 3.63) is 29.8 Å². The molecule has 0 heterocycles. The van der Waals surface area contributed by atoms with Gasteiger partial charge in [0.2, 0.25) is 0 Å². The maximum Gasteiger partial charge on any atom is 0.329 e. The number of nitrogens with zero attached hydrogens (tertiary/aromatic N) is 1. The molecule has 0 bridgehead atoms. The second-order valence-corrected chi connectivity index (χ2v) is 4.72. The molecule has 0 radical (unpaired) electrons. The fourth-order valence-electron chi connectivity index (χ4n) is 1.58. The fraction of sp³-hybridized carbons (Fsp3) is 0.438. The molecule has 0 saturated heterocycles. The van der Waals surface area contributed by atoms with Crippen LogP contribution in [-0.4, -0.2) is 44.9 Å². The molecule has 1 aromatic rings. The van der Waals surface area contributed by atoms with E-state index in [9.17, 15) is 9.59 Å². The van der Waals surface area contributed by atoms with Crippen molar-refractivity contribution in [1.82, 2.24) is 10.7 Å². The van der Waals surface area contributed by atoms with Crippen molar-refractivity contribution in [2.45, 2.75) is 19.8 Å². The highest BCUT2D eigenvalue weighted by Gasteiger charge is 2.11. The van der Waals surface area contributed by atoms with E-state index in [0.29, 0.717) is 26.2 Å². The number of benzene rings is 1. The minimum atomic E-state index is -0.804. The number of hydrazone groups is 1. The number of rotatable bonds is 9. The quantitative estimate of drug-likeness (QED) is 0.308. The van der Waals surface area contributed by atoms with Gasteiger partial charge in [-0.05, 0) is 42.7 Å². The first-order chi connectivity index (χ1) is 11.2. The lowest BCUT2D eigenvalue weighted by atomic mass is 10.2. The van der Waals surface area contributed by atoms with E-state index in [1.54, 1.807) is 7.11 Å². The fourth-order valence-corrected chi connectivity index (χ4v) is 1.58. The van der Waals surface area contributed by atoms with Crippen LogP contribution >= 0.6 is 0 Å². The monoisotopic (exact) mass is 321 g/mol. The molecule has 2 N–H and O–H groups in total. The summed E-state index contributed by atoms with van der Waals surface area (Å²) in [4.78, 5) is 22.9. The summed E-state index contributed by atoms with van der Waals surface area (Å²) in [6, 6.07) is 7.26. The van der Waals surface area contributed by atoms with E-state index < -0.39 is 11.8 Å². The van der Waals surface area contributed by atoms with Crippen LogP contribution < -0.4 is 15.5 Å². The van der Waals surface area contributed by atoms with Crippen LogP contribution in [0.25, 0.3) is 0 Å². The Balaban J connectivity index is 2.34. The van der Waals surface area contributed by atoms with Crippen LogP contribution in [0.5, 0.6) is 5.75 Å². The predicted molar refractivity (Wildman–Crippen MR) is 87.5 cm³/mol. The van der Waals surface area contributed by atoms with Crippen LogP contribution in [0.3, 0.4) is 0 Å². The summed E-state index contributed by atoms with van der Waals surface area (Å²) >= 11 is 0. The maximum atomic E-state index is 11.5. The zero-order chi connectivity index (χ0) is 16.9. The number of carbonyl (C=O) groups excluding carboxylic acids is 2. The van der Waals surface area contributed by atoms with Crippen LogP contribution in [0.4, 0.5) is 0 Å². The molecule has 126 valence electrons. The highest BCUT2D eigenvalue weighted by atomic mass is 16.5. The lowest BCUT2D eigenvalue weighted by Crippen LogP contribution is -2.38. The van der Waals surface area contributed by atoms with Gasteiger partial charge in [0, 0.05) is 20.3 Å². The van der Waals surface area contributed by atoms with Gasteiger partial charge in [-0.1, -0.05) is 6.92 Å². The average molecular weight is 321 g/mol. The summed E-state index contributed by atoms with van der Waals surface area (Å²) in [5, 5.41) is 6.22. The Morgan fingerprint density at radius 1 is 1.17 bits per heavy atom. The molecule has 1 rings (SSSR count). The summed E-state index contributed by atoms with van der Waals surface area (Å²) in [5.41, 5.74) is 2.96.